The third-order valence-corrected chi connectivity index (χ3v) is 2.99. The van der Waals surface area contributed by atoms with Crippen LogP contribution in [0.2, 0.25) is 10.0 Å². The lowest BCUT2D eigenvalue weighted by atomic mass is 10.3. The molecule has 0 fully saturated rings. The van der Waals surface area contributed by atoms with Gasteiger partial charge in [0.15, 0.2) is 6.10 Å². The van der Waals surface area contributed by atoms with Gasteiger partial charge in [-0.2, -0.15) is 5.10 Å². The molecule has 1 unspecified atom stereocenters. The lowest BCUT2D eigenvalue weighted by molar-refractivity contribution is -0.127. The van der Waals surface area contributed by atoms with Gasteiger partial charge in [-0.25, -0.2) is 4.98 Å². The molecule has 0 radical (unpaired) electrons. The highest BCUT2D eigenvalue weighted by molar-refractivity contribution is 6.35. The Balaban J connectivity index is 1.90. The summed E-state index contributed by atoms with van der Waals surface area (Å²) in [7, 11) is 0. The number of aromatic nitrogens is 3. The number of H-pyrrole nitrogens is 1. The SMILES string of the molecule is CC(Oc1ccc(Cl)cc1Cl)C(=O)NCc1ncn[nH]1. The minimum atomic E-state index is -0.698. The maximum absolute atomic E-state index is 11.9. The molecule has 1 amide bonds. The number of hydrogen-bond donors (Lipinski definition) is 2. The molecule has 1 aromatic heterocycles. The van der Waals surface area contributed by atoms with E-state index < -0.39 is 6.10 Å². The zero-order chi connectivity index (χ0) is 14.5. The number of aromatic amines is 1. The van der Waals surface area contributed by atoms with Crippen LogP contribution < -0.4 is 10.1 Å². The number of carbonyl (C=O) groups excluding carboxylic acids is 1. The molecule has 2 aromatic rings. The van der Waals surface area contributed by atoms with Crippen LogP contribution in [0.3, 0.4) is 0 Å². The van der Waals surface area contributed by atoms with Crippen molar-refractivity contribution in [2.75, 3.05) is 0 Å². The van der Waals surface area contributed by atoms with Gasteiger partial charge in [0.05, 0.1) is 11.6 Å². The third-order valence-electron chi connectivity index (χ3n) is 2.46. The van der Waals surface area contributed by atoms with Gasteiger partial charge in [0.25, 0.3) is 5.91 Å². The van der Waals surface area contributed by atoms with Crippen LogP contribution in [-0.4, -0.2) is 27.2 Å². The minimum absolute atomic E-state index is 0.251. The summed E-state index contributed by atoms with van der Waals surface area (Å²) in [4.78, 5) is 15.8. The van der Waals surface area contributed by atoms with E-state index in [1.807, 2.05) is 0 Å². The summed E-state index contributed by atoms with van der Waals surface area (Å²) in [5, 5.41) is 9.86. The van der Waals surface area contributed by atoms with Crippen molar-refractivity contribution < 1.29 is 9.53 Å². The van der Waals surface area contributed by atoms with Gasteiger partial charge in [-0.15, -0.1) is 0 Å². The van der Waals surface area contributed by atoms with Crippen LogP contribution >= 0.6 is 23.2 Å². The monoisotopic (exact) mass is 314 g/mol. The fraction of sp³-hybridized carbons (Fsp3) is 0.250. The molecule has 2 N–H and O–H groups in total. The number of carbonyl (C=O) groups is 1. The van der Waals surface area contributed by atoms with Crippen molar-refractivity contribution in [3.05, 3.63) is 40.4 Å². The molecule has 0 aliphatic rings. The van der Waals surface area contributed by atoms with Gasteiger partial charge in [-0.1, -0.05) is 23.2 Å². The van der Waals surface area contributed by atoms with Gasteiger partial charge in [-0.3, -0.25) is 9.89 Å². The summed E-state index contributed by atoms with van der Waals surface area (Å²) >= 11 is 11.8. The fourth-order valence-electron chi connectivity index (χ4n) is 1.45. The summed E-state index contributed by atoms with van der Waals surface area (Å²) in [6, 6.07) is 4.81. The van der Waals surface area contributed by atoms with Crippen LogP contribution in [0.4, 0.5) is 0 Å². The van der Waals surface area contributed by atoms with E-state index in [1.165, 1.54) is 6.33 Å². The molecule has 0 spiro atoms. The molecule has 0 bridgehead atoms. The first kappa shape index (κ1) is 14.6. The van der Waals surface area contributed by atoms with Gasteiger partial charge < -0.3 is 10.1 Å². The Morgan fingerprint density at radius 1 is 1.50 bits per heavy atom. The number of amides is 1. The normalized spacial score (nSPS) is 11.9. The standard InChI is InChI=1S/C12H12Cl2N4O2/c1-7(12(19)15-5-11-16-6-17-18-11)20-10-3-2-8(13)4-9(10)14/h2-4,6-7H,5H2,1H3,(H,15,19)(H,16,17,18). The molecule has 1 aromatic carbocycles. The average molecular weight is 315 g/mol. The zero-order valence-electron chi connectivity index (χ0n) is 10.6. The minimum Gasteiger partial charge on any atom is -0.479 e. The Morgan fingerprint density at radius 3 is 2.95 bits per heavy atom. The first-order valence-electron chi connectivity index (χ1n) is 5.80. The van der Waals surface area contributed by atoms with Crippen molar-refractivity contribution in [2.24, 2.45) is 0 Å². The number of halogens is 2. The molecule has 20 heavy (non-hydrogen) atoms. The second-order valence-corrected chi connectivity index (χ2v) is 4.83. The summed E-state index contributed by atoms with van der Waals surface area (Å²) in [6.07, 6.45) is 0.672. The van der Waals surface area contributed by atoms with Crippen molar-refractivity contribution in [1.82, 2.24) is 20.5 Å². The zero-order valence-corrected chi connectivity index (χ0v) is 12.1. The molecule has 1 heterocycles. The van der Waals surface area contributed by atoms with Crippen molar-refractivity contribution in [3.63, 3.8) is 0 Å². The van der Waals surface area contributed by atoms with Crippen LogP contribution in [0.5, 0.6) is 5.75 Å². The second kappa shape index (κ2) is 6.58. The lowest BCUT2D eigenvalue weighted by Crippen LogP contribution is -2.36. The maximum Gasteiger partial charge on any atom is 0.261 e. The van der Waals surface area contributed by atoms with E-state index in [2.05, 4.69) is 20.5 Å². The summed E-state index contributed by atoms with van der Waals surface area (Å²) in [5.41, 5.74) is 0. The molecule has 106 valence electrons. The fourth-order valence-corrected chi connectivity index (χ4v) is 1.90. The van der Waals surface area contributed by atoms with Gasteiger partial charge >= 0.3 is 0 Å². The van der Waals surface area contributed by atoms with E-state index in [0.717, 1.165) is 0 Å². The molecular formula is C12H12Cl2N4O2. The highest BCUT2D eigenvalue weighted by Crippen LogP contribution is 2.28. The predicted molar refractivity (Wildman–Crippen MR) is 74.8 cm³/mol. The molecule has 0 saturated heterocycles. The number of rotatable bonds is 5. The highest BCUT2D eigenvalue weighted by Gasteiger charge is 2.16. The summed E-state index contributed by atoms with van der Waals surface area (Å²) in [5.74, 6) is 0.681. The molecule has 1 atom stereocenters. The molecule has 0 saturated carbocycles. The summed E-state index contributed by atoms with van der Waals surface area (Å²) in [6.45, 7) is 1.88. The molecule has 6 nitrogen and oxygen atoms in total. The Bertz CT molecular complexity index is 589. The topological polar surface area (TPSA) is 79.9 Å². The lowest BCUT2D eigenvalue weighted by Gasteiger charge is -2.15. The molecule has 2 rings (SSSR count). The van der Waals surface area contributed by atoms with Gasteiger partial charge in [0.2, 0.25) is 0 Å². The quantitative estimate of drug-likeness (QED) is 0.886. The van der Waals surface area contributed by atoms with Crippen molar-refractivity contribution in [2.45, 2.75) is 19.6 Å². The van der Waals surface area contributed by atoms with E-state index in [1.54, 1.807) is 25.1 Å². The van der Waals surface area contributed by atoms with Gasteiger partial charge in [0.1, 0.15) is 17.9 Å². The van der Waals surface area contributed by atoms with E-state index in [9.17, 15) is 4.79 Å². The van der Waals surface area contributed by atoms with E-state index >= 15 is 0 Å². The van der Waals surface area contributed by atoms with Crippen molar-refractivity contribution in [1.29, 1.82) is 0 Å². The maximum atomic E-state index is 11.9. The molecule has 8 heteroatoms. The van der Waals surface area contributed by atoms with Crippen LogP contribution in [-0.2, 0) is 11.3 Å². The Kier molecular flexibility index (Phi) is 4.81. The van der Waals surface area contributed by atoms with Crippen LogP contribution in [0, 0.1) is 0 Å². The van der Waals surface area contributed by atoms with Crippen molar-refractivity contribution in [3.8, 4) is 5.75 Å². The Hall–Kier alpha value is -1.79. The first-order valence-corrected chi connectivity index (χ1v) is 6.55. The van der Waals surface area contributed by atoms with Crippen LogP contribution in [0.15, 0.2) is 24.5 Å². The number of nitrogens with one attached hydrogen (secondary N) is 2. The van der Waals surface area contributed by atoms with E-state index in [4.69, 9.17) is 27.9 Å². The van der Waals surface area contributed by atoms with Crippen LogP contribution in [0.1, 0.15) is 12.7 Å². The first-order chi connectivity index (χ1) is 9.56. The molecule has 0 aliphatic carbocycles. The number of ether oxygens (including phenoxy) is 1. The van der Waals surface area contributed by atoms with Crippen LogP contribution in [0.25, 0.3) is 0 Å². The summed E-state index contributed by atoms with van der Waals surface area (Å²) < 4.78 is 5.48. The number of hydrogen-bond acceptors (Lipinski definition) is 4. The van der Waals surface area contributed by atoms with Crippen molar-refractivity contribution >= 4 is 29.1 Å². The third kappa shape index (κ3) is 3.85. The average Bonchev–Trinajstić information content (AvgIpc) is 2.92. The van der Waals surface area contributed by atoms with Gasteiger partial charge in [0, 0.05) is 5.02 Å². The van der Waals surface area contributed by atoms with E-state index in [0.29, 0.717) is 21.6 Å². The smallest absolute Gasteiger partial charge is 0.261 e. The molecule has 0 aliphatic heterocycles. The molecular weight excluding hydrogens is 303 g/mol. The Morgan fingerprint density at radius 2 is 2.30 bits per heavy atom. The number of benzene rings is 1. The highest BCUT2D eigenvalue weighted by atomic mass is 35.5. The number of nitrogens with zero attached hydrogens (tertiary/aromatic N) is 2. The van der Waals surface area contributed by atoms with E-state index in [-0.39, 0.29) is 12.5 Å². The largest absolute Gasteiger partial charge is 0.479 e. The van der Waals surface area contributed by atoms with Gasteiger partial charge in [-0.05, 0) is 25.1 Å². The predicted octanol–water partition coefficient (Wildman–Crippen LogP) is 2.20. The Labute approximate surface area is 125 Å². The second-order valence-electron chi connectivity index (χ2n) is 3.98.